The number of H-pyrrole nitrogens is 1. The van der Waals surface area contributed by atoms with Gasteiger partial charge in [0.2, 0.25) is 0 Å². The van der Waals surface area contributed by atoms with Crippen LogP contribution in [0.15, 0.2) is 18.2 Å². The minimum Gasteiger partial charge on any atom is -0.346 e. The van der Waals surface area contributed by atoms with Gasteiger partial charge in [0.05, 0.1) is 5.52 Å². The Balaban J connectivity index is 1.55. The Kier molecular flexibility index (Phi) is 3.66. The Morgan fingerprint density at radius 3 is 2.91 bits per heavy atom. The van der Waals surface area contributed by atoms with Crippen LogP contribution in [-0.2, 0) is 5.33 Å². The lowest BCUT2D eigenvalue weighted by molar-refractivity contribution is 0.0618. The largest absolute Gasteiger partial charge is 0.346 e. The summed E-state index contributed by atoms with van der Waals surface area (Å²) in [6.45, 7) is 3.34. The fourth-order valence-corrected chi connectivity index (χ4v) is 4.04. The highest BCUT2D eigenvalue weighted by Crippen LogP contribution is 2.28. The molecule has 3 fully saturated rings. The van der Waals surface area contributed by atoms with Crippen LogP contribution in [0.3, 0.4) is 0 Å². The SMILES string of the molecule is O=C(N[C@@H]1CN2CCC1CC2)c1n[nH]c2cc(CBr)ccc12. The molecule has 2 aromatic rings. The normalized spacial score (nSPS) is 27.2. The van der Waals surface area contributed by atoms with Gasteiger partial charge in [-0.1, -0.05) is 28.1 Å². The van der Waals surface area contributed by atoms with Gasteiger partial charge < -0.3 is 10.2 Å². The molecule has 1 aromatic heterocycles. The van der Waals surface area contributed by atoms with Crippen molar-refractivity contribution < 1.29 is 4.79 Å². The van der Waals surface area contributed by atoms with Crippen molar-refractivity contribution in [2.45, 2.75) is 24.2 Å². The van der Waals surface area contributed by atoms with Crippen LogP contribution in [0.4, 0.5) is 0 Å². The van der Waals surface area contributed by atoms with Gasteiger partial charge in [0.15, 0.2) is 5.69 Å². The van der Waals surface area contributed by atoms with E-state index in [1.165, 1.54) is 31.5 Å². The van der Waals surface area contributed by atoms with Crippen molar-refractivity contribution in [3.63, 3.8) is 0 Å². The number of piperidine rings is 3. The van der Waals surface area contributed by atoms with Crippen LogP contribution in [0.1, 0.15) is 28.9 Å². The van der Waals surface area contributed by atoms with E-state index in [4.69, 9.17) is 0 Å². The first-order valence-electron chi connectivity index (χ1n) is 7.81. The van der Waals surface area contributed by atoms with Crippen molar-refractivity contribution in [3.8, 4) is 0 Å². The van der Waals surface area contributed by atoms with Crippen molar-refractivity contribution in [1.82, 2.24) is 20.4 Å². The minimum absolute atomic E-state index is 0.0587. The van der Waals surface area contributed by atoms with Crippen molar-refractivity contribution in [2.24, 2.45) is 5.92 Å². The summed E-state index contributed by atoms with van der Waals surface area (Å²) in [7, 11) is 0. The summed E-state index contributed by atoms with van der Waals surface area (Å²) in [4.78, 5) is 15.0. The number of nitrogens with one attached hydrogen (secondary N) is 2. The predicted octanol–water partition coefficient (Wildman–Crippen LogP) is 2.28. The molecule has 4 heterocycles. The minimum atomic E-state index is -0.0587. The van der Waals surface area contributed by atoms with Gasteiger partial charge in [-0.05, 0) is 43.5 Å². The lowest BCUT2D eigenvalue weighted by Crippen LogP contribution is -2.57. The van der Waals surface area contributed by atoms with Crippen molar-refractivity contribution in [1.29, 1.82) is 0 Å². The van der Waals surface area contributed by atoms with E-state index in [-0.39, 0.29) is 11.9 Å². The maximum Gasteiger partial charge on any atom is 0.272 e. The van der Waals surface area contributed by atoms with Gasteiger partial charge in [0.25, 0.3) is 5.91 Å². The number of hydrogen-bond acceptors (Lipinski definition) is 3. The monoisotopic (exact) mass is 362 g/mol. The molecule has 2 bridgehead atoms. The number of carbonyl (C=O) groups excluding carboxylic acids is 1. The molecule has 22 heavy (non-hydrogen) atoms. The van der Waals surface area contributed by atoms with E-state index in [1.54, 1.807) is 0 Å². The van der Waals surface area contributed by atoms with Gasteiger partial charge in [0.1, 0.15) is 0 Å². The molecule has 6 heteroatoms. The van der Waals surface area contributed by atoms with E-state index in [9.17, 15) is 4.79 Å². The standard InChI is InChI=1S/C16H19BrN4O/c17-8-10-1-2-12-13(7-10)19-20-15(12)16(22)18-14-9-21-5-3-11(14)4-6-21/h1-2,7,11,14H,3-6,8-9H2,(H,18,22)(H,19,20)/t14-/m1/s1. The van der Waals surface area contributed by atoms with Crippen molar-refractivity contribution in [2.75, 3.05) is 19.6 Å². The van der Waals surface area contributed by atoms with Gasteiger partial charge in [-0.25, -0.2) is 0 Å². The van der Waals surface area contributed by atoms with Crippen LogP contribution in [0.25, 0.3) is 10.9 Å². The number of carbonyl (C=O) groups is 1. The Labute approximate surface area is 137 Å². The molecule has 3 saturated heterocycles. The Bertz CT molecular complexity index is 705. The molecule has 0 aliphatic carbocycles. The number of alkyl halides is 1. The molecule has 5 rings (SSSR count). The average Bonchev–Trinajstić information content (AvgIpc) is 2.99. The summed E-state index contributed by atoms with van der Waals surface area (Å²) in [6, 6.07) is 6.30. The first kappa shape index (κ1) is 14.2. The number of aromatic nitrogens is 2. The summed E-state index contributed by atoms with van der Waals surface area (Å²) in [5.74, 6) is 0.566. The lowest BCUT2D eigenvalue weighted by Gasteiger charge is -2.44. The molecule has 1 atom stereocenters. The topological polar surface area (TPSA) is 61.0 Å². The zero-order chi connectivity index (χ0) is 15.1. The van der Waals surface area contributed by atoms with Gasteiger partial charge in [-0.15, -0.1) is 0 Å². The quantitative estimate of drug-likeness (QED) is 0.823. The molecule has 0 spiro atoms. The highest BCUT2D eigenvalue weighted by Gasteiger charge is 2.35. The molecule has 5 nitrogen and oxygen atoms in total. The molecule has 3 aliphatic rings. The van der Waals surface area contributed by atoms with Crippen LogP contribution in [0.2, 0.25) is 0 Å². The third-order valence-corrected chi connectivity index (χ3v) is 5.62. The van der Waals surface area contributed by atoms with E-state index in [2.05, 4.69) is 36.3 Å². The highest BCUT2D eigenvalue weighted by atomic mass is 79.9. The van der Waals surface area contributed by atoms with Crippen LogP contribution in [-0.4, -0.2) is 46.7 Å². The van der Waals surface area contributed by atoms with E-state index >= 15 is 0 Å². The molecule has 3 aliphatic heterocycles. The van der Waals surface area contributed by atoms with Crippen LogP contribution >= 0.6 is 15.9 Å². The lowest BCUT2D eigenvalue weighted by atomic mass is 9.84. The maximum atomic E-state index is 12.6. The molecule has 0 unspecified atom stereocenters. The van der Waals surface area contributed by atoms with Crippen LogP contribution < -0.4 is 5.32 Å². The molecule has 1 aromatic carbocycles. The van der Waals surface area contributed by atoms with Crippen LogP contribution in [0.5, 0.6) is 0 Å². The Hall–Kier alpha value is -1.40. The number of nitrogens with zero attached hydrogens (tertiary/aromatic N) is 2. The molecule has 116 valence electrons. The van der Waals surface area contributed by atoms with Gasteiger partial charge in [-0.2, -0.15) is 5.10 Å². The number of benzene rings is 1. The molecular formula is C16H19BrN4O. The predicted molar refractivity (Wildman–Crippen MR) is 89.1 cm³/mol. The number of halogens is 1. The third kappa shape index (κ3) is 2.44. The van der Waals surface area contributed by atoms with Crippen molar-refractivity contribution >= 4 is 32.7 Å². The second kappa shape index (κ2) is 5.66. The first-order valence-corrected chi connectivity index (χ1v) is 8.93. The smallest absolute Gasteiger partial charge is 0.272 e. The number of amides is 1. The molecule has 0 saturated carbocycles. The Morgan fingerprint density at radius 2 is 2.23 bits per heavy atom. The fraction of sp³-hybridized carbons (Fsp3) is 0.500. The second-order valence-electron chi connectivity index (χ2n) is 6.30. The molecular weight excluding hydrogens is 344 g/mol. The molecule has 2 N–H and O–H groups in total. The van der Waals surface area contributed by atoms with E-state index in [1.807, 2.05) is 18.2 Å². The Morgan fingerprint density at radius 1 is 1.41 bits per heavy atom. The molecule has 1 amide bonds. The van der Waals surface area contributed by atoms with Gasteiger partial charge >= 0.3 is 0 Å². The second-order valence-corrected chi connectivity index (χ2v) is 6.86. The number of hydrogen-bond donors (Lipinski definition) is 2. The van der Waals surface area contributed by atoms with Gasteiger partial charge in [0, 0.05) is 23.3 Å². The summed E-state index contributed by atoms with van der Waals surface area (Å²) in [5, 5.41) is 12.1. The third-order valence-electron chi connectivity index (χ3n) is 4.97. The highest BCUT2D eigenvalue weighted by molar-refractivity contribution is 9.08. The van der Waals surface area contributed by atoms with Crippen molar-refractivity contribution in [3.05, 3.63) is 29.5 Å². The number of rotatable bonds is 3. The zero-order valence-corrected chi connectivity index (χ0v) is 13.9. The fourth-order valence-electron chi connectivity index (χ4n) is 3.69. The summed E-state index contributed by atoms with van der Waals surface area (Å²) in [6.07, 6.45) is 2.39. The van der Waals surface area contributed by atoms with E-state index < -0.39 is 0 Å². The maximum absolute atomic E-state index is 12.6. The number of fused-ring (bicyclic) bond motifs is 4. The summed E-state index contributed by atoms with van der Waals surface area (Å²) in [5.41, 5.74) is 2.59. The zero-order valence-electron chi connectivity index (χ0n) is 12.3. The first-order chi connectivity index (χ1) is 10.7. The van der Waals surface area contributed by atoms with E-state index in [0.717, 1.165) is 22.8 Å². The number of aromatic amines is 1. The molecule has 0 radical (unpaired) electrons. The average molecular weight is 363 g/mol. The van der Waals surface area contributed by atoms with E-state index in [0.29, 0.717) is 11.6 Å². The summed E-state index contributed by atoms with van der Waals surface area (Å²) >= 11 is 3.45. The van der Waals surface area contributed by atoms with Crippen LogP contribution in [0, 0.1) is 5.92 Å². The van der Waals surface area contributed by atoms with Gasteiger partial charge in [-0.3, -0.25) is 9.89 Å². The summed E-state index contributed by atoms with van der Waals surface area (Å²) < 4.78 is 0.